The zero-order chi connectivity index (χ0) is 27.9. The maximum atomic E-state index is 13.2. The molecule has 2 aromatic rings. The molecule has 38 heavy (non-hydrogen) atoms. The van der Waals surface area contributed by atoms with Crippen molar-refractivity contribution in [2.45, 2.75) is 71.2 Å². The number of carbonyl (C=O) groups excluding carboxylic acids is 3. The summed E-state index contributed by atoms with van der Waals surface area (Å²) >= 11 is 1.26. The number of nitrogens with one attached hydrogen (secondary N) is 1. The number of ether oxygens (including phenoxy) is 1. The number of rotatable bonds is 12. The molecular weight excluding hydrogens is 526 g/mol. The minimum atomic E-state index is -3.68. The van der Waals surface area contributed by atoms with E-state index in [0.29, 0.717) is 43.2 Å². The van der Waals surface area contributed by atoms with Crippen LogP contribution >= 0.6 is 11.3 Å². The summed E-state index contributed by atoms with van der Waals surface area (Å²) in [6.45, 7) is 9.24. The SMILES string of the molecule is CCCCN(CCCC)S(=O)(=O)c1ccc(C(=O)Nc2sc3c(c2C(=O)OCC)CCN(C(C)=O)C3)cc1. The molecule has 0 saturated heterocycles. The Bertz CT molecular complexity index is 1250. The van der Waals surface area contributed by atoms with Crippen molar-refractivity contribution in [1.29, 1.82) is 0 Å². The second-order valence-corrected chi connectivity index (χ2v) is 12.3. The first-order valence-corrected chi connectivity index (χ1v) is 15.4. The highest BCUT2D eigenvalue weighted by Crippen LogP contribution is 2.38. The van der Waals surface area contributed by atoms with Gasteiger partial charge in [0.2, 0.25) is 15.9 Å². The first-order chi connectivity index (χ1) is 18.1. The maximum Gasteiger partial charge on any atom is 0.341 e. The van der Waals surface area contributed by atoms with E-state index in [0.717, 1.165) is 36.1 Å². The molecule has 0 fully saturated rings. The number of thiophene rings is 1. The van der Waals surface area contributed by atoms with E-state index in [1.807, 2.05) is 13.8 Å². The minimum absolute atomic E-state index is 0.0506. The Labute approximate surface area is 229 Å². The molecule has 0 saturated carbocycles. The third-order valence-corrected chi connectivity index (χ3v) is 9.53. The number of sulfonamides is 1. The zero-order valence-corrected chi connectivity index (χ0v) is 24.2. The largest absolute Gasteiger partial charge is 0.462 e. The van der Waals surface area contributed by atoms with E-state index in [9.17, 15) is 22.8 Å². The Kier molecular flexibility index (Phi) is 10.5. The summed E-state index contributed by atoms with van der Waals surface area (Å²) < 4.78 is 33.2. The summed E-state index contributed by atoms with van der Waals surface area (Å²) in [5.41, 5.74) is 1.39. The molecule has 0 spiro atoms. The number of anilines is 1. The zero-order valence-electron chi connectivity index (χ0n) is 22.5. The summed E-state index contributed by atoms with van der Waals surface area (Å²) in [7, 11) is -3.68. The molecular formula is C27H37N3O6S2. The number of unbranched alkanes of at least 4 members (excludes halogenated alkanes) is 2. The van der Waals surface area contributed by atoms with Gasteiger partial charge in [-0.25, -0.2) is 13.2 Å². The molecule has 0 atom stereocenters. The van der Waals surface area contributed by atoms with Crippen molar-refractivity contribution in [3.63, 3.8) is 0 Å². The van der Waals surface area contributed by atoms with Crippen LogP contribution in [0.25, 0.3) is 0 Å². The number of hydrogen-bond acceptors (Lipinski definition) is 7. The fourth-order valence-corrected chi connectivity index (χ4v) is 7.07. The number of hydrogen-bond donors (Lipinski definition) is 1. The van der Waals surface area contributed by atoms with Gasteiger partial charge in [0.15, 0.2) is 0 Å². The number of carbonyl (C=O) groups is 3. The van der Waals surface area contributed by atoms with E-state index in [-0.39, 0.29) is 23.0 Å². The van der Waals surface area contributed by atoms with E-state index >= 15 is 0 Å². The van der Waals surface area contributed by atoms with E-state index < -0.39 is 21.9 Å². The molecule has 2 amide bonds. The Hall–Kier alpha value is -2.76. The second-order valence-electron chi connectivity index (χ2n) is 9.21. The van der Waals surface area contributed by atoms with Crippen LogP contribution in [-0.2, 0) is 32.5 Å². The molecule has 3 rings (SSSR count). The average molecular weight is 564 g/mol. The van der Waals surface area contributed by atoms with E-state index in [2.05, 4.69) is 5.32 Å². The van der Waals surface area contributed by atoms with E-state index in [1.54, 1.807) is 11.8 Å². The van der Waals surface area contributed by atoms with Crippen molar-refractivity contribution in [1.82, 2.24) is 9.21 Å². The smallest absolute Gasteiger partial charge is 0.341 e. The van der Waals surface area contributed by atoms with Crippen molar-refractivity contribution >= 4 is 44.1 Å². The highest BCUT2D eigenvalue weighted by atomic mass is 32.2. The molecule has 1 aromatic heterocycles. The van der Waals surface area contributed by atoms with Gasteiger partial charge in [0, 0.05) is 37.0 Å². The molecule has 1 N–H and O–H groups in total. The molecule has 0 bridgehead atoms. The lowest BCUT2D eigenvalue weighted by molar-refractivity contribution is -0.129. The fraction of sp³-hybridized carbons (Fsp3) is 0.519. The van der Waals surface area contributed by atoms with Crippen molar-refractivity contribution in [2.24, 2.45) is 0 Å². The van der Waals surface area contributed by atoms with Gasteiger partial charge >= 0.3 is 5.97 Å². The van der Waals surface area contributed by atoms with Crippen molar-refractivity contribution in [3.8, 4) is 0 Å². The topological polar surface area (TPSA) is 113 Å². The molecule has 11 heteroatoms. The molecule has 0 radical (unpaired) electrons. The van der Waals surface area contributed by atoms with Crippen LogP contribution in [0.15, 0.2) is 29.2 Å². The van der Waals surface area contributed by atoms with Gasteiger partial charge in [0.1, 0.15) is 5.00 Å². The van der Waals surface area contributed by atoms with Crippen LogP contribution in [0, 0.1) is 0 Å². The first-order valence-electron chi connectivity index (χ1n) is 13.1. The van der Waals surface area contributed by atoms with Gasteiger partial charge in [-0.3, -0.25) is 9.59 Å². The summed E-state index contributed by atoms with van der Waals surface area (Å²) in [5.74, 6) is -1.03. The third-order valence-electron chi connectivity index (χ3n) is 6.49. The predicted octanol–water partition coefficient (Wildman–Crippen LogP) is 4.67. The Balaban J connectivity index is 1.84. The average Bonchev–Trinajstić information content (AvgIpc) is 3.25. The van der Waals surface area contributed by atoms with Gasteiger partial charge in [-0.15, -0.1) is 11.3 Å². The number of benzene rings is 1. The molecule has 208 valence electrons. The highest BCUT2D eigenvalue weighted by molar-refractivity contribution is 7.89. The standard InChI is InChI=1S/C27H37N3O6S2/c1-5-8-15-30(16-9-6-2)38(34,35)21-12-10-20(11-13-21)25(32)28-26-24(27(33)36-7-3)22-14-17-29(19(4)31)18-23(22)37-26/h10-13H,5-9,14-18H2,1-4H3,(H,28,32). The number of esters is 1. The van der Waals surface area contributed by atoms with Crippen molar-refractivity contribution in [2.75, 3.05) is 31.6 Å². The van der Waals surface area contributed by atoms with Crippen molar-refractivity contribution < 1.29 is 27.5 Å². The fourth-order valence-electron chi connectivity index (χ4n) is 4.30. The molecule has 9 nitrogen and oxygen atoms in total. The van der Waals surface area contributed by atoms with Gasteiger partial charge < -0.3 is 15.0 Å². The molecule has 2 heterocycles. The molecule has 1 aromatic carbocycles. The summed E-state index contributed by atoms with van der Waals surface area (Å²) in [6, 6.07) is 5.86. The Morgan fingerprint density at radius 3 is 2.24 bits per heavy atom. The van der Waals surface area contributed by atoms with Crippen LogP contribution < -0.4 is 5.32 Å². The van der Waals surface area contributed by atoms with Gasteiger partial charge in [0.25, 0.3) is 5.91 Å². The monoisotopic (exact) mass is 563 g/mol. The second kappa shape index (κ2) is 13.3. The van der Waals surface area contributed by atoms with Gasteiger partial charge in [-0.05, 0) is 56.0 Å². The van der Waals surface area contributed by atoms with Crippen LogP contribution in [-0.4, -0.2) is 61.6 Å². The van der Waals surface area contributed by atoms with Crippen LogP contribution in [0.3, 0.4) is 0 Å². The first kappa shape index (κ1) is 29.8. The van der Waals surface area contributed by atoms with Crippen LogP contribution in [0.1, 0.15) is 84.5 Å². The normalized spacial score (nSPS) is 13.3. The summed E-state index contributed by atoms with van der Waals surface area (Å²) in [5, 5.41) is 3.19. The van der Waals surface area contributed by atoms with Gasteiger partial charge in [0.05, 0.1) is 23.6 Å². The van der Waals surface area contributed by atoms with E-state index in [4.69, 9.17) is 4.74 Å². The lowest BCUT2D eigenvalue weighted by Gasteiger charge is -2.25. The molecule has 0 unspecified atom stereocenters. The van der Waals surface area contributed by atoms with E-state index in [1.165, 1.54) is 46.8 Å². The van der Waals surface area contributed by atoms with Crippen LogP contribution in [0.2, 0.25) is 0 Å². The molecule has 1 aliphatic rings. The minimum Gasteiger partial charge on any atom is -0.462 e. The number of fused-ring (bicyclic) bond motifs is 1. The Morgan fingerprint density at radius 1 is 1.05 bits per heavy atom. The lowest BCUT2D eigenvalue weighted by Crippen LogP contribution is -2.34. The molecule has 0 aliphatic carbocycles. The third kappa shape index (κ3) is 6.81. The van der Waals surface area contributed by atoms with Crippen molar-refractivity contribution in [3.05, 3.63) is 45.8 Å². The Morgan fingerprint density at radius 2 is 1.68 bits per heavy atom. The van der Waals surface area contributed by atoms with Gasteiger partial charge in [-0.2, -0.15) is 4.31 Å². The summed E-state index contributed by atoms with van der Waals surface area (Å²) in [6.07, 6.45) is 3.84. The predicted molar refractivity (Wildman–Crippen MR) is 148 cm³/mol. The van der Waals surface area contributed by atoms with Crippen LogP contribution in [0.5, 0.6) is 0 Å². The maximum absolute atomic E-state index is 13.2. The van der Waals surface area contributed by atoms with Crippen LogP contribution in [0.4, 0.5) is 5.00 Å². The quantitative estimate of drug-likeness (QED) is 0.376. The number of nitrogens with zero attached hydrogens (tertiary/aromatic N) is 2. The lowest BCUT2D eigenvalue weighted by atomic mass is 10.0. The number of amides is 2. The highest BCUT2D eigenvalue weighted by Gasteiger charge is 2.30. The molecule has 1 aliphatic heterocycles. The summed E-state index contributed by atoms with van der Waals surface area (Å²) in [4.78, 5) is 40.5. The van der Waals surface area contributed by atoms with Gasteiger partial charge in [-0.1, -0.05) is 26.7 Å².